The largest absolute Gasteiger partial charge is 0.360 e. The van der Waals surface area contributed by atoms with Gasteiger partial charge in [-0.05, 0) is 27.9 Å². The average molecular weight is 225 g/mol. The van der Waals surface area contributed by atoms with Gasteiger partial charge in [-0.2, -0.15) is 0 Å². The van der Waals surface area contributed by atoms with E-state index in [1.807, 2.05) is 32.8 Å². The first-order chi connectivity index (χ1) is 7.50. The van der Waals surface area contributed by atoms with E-state index in [9.17, 15) is 4.79 Å². The van der Waals surface area contributed by atoms with E-state index in [2.05, 4.69) is 4.98 Å². The summed E-state index contributed by atoms with van der Waals surface area (Å²) in [6.07, 6.45) is 3.09. The van der Waals surface area contributed by atoms with E-state index in [-0.39, 0.29) is 11.6 Å². The summed E-state index contributed by atoms with van der Waals surface area (Å²) in [5, 5.41) is 0. The lowest BCUT2D eigenvalue weighted by Crippen LogP contribution is -2.23. The highest BCUT2D eigenvalue weighted by molar-refractivity contribution is 4.96. The fraction of sp³-hybridized carbons (Fsp3) is 0.636. The first-order valence-corrected chi connectivity index (χ1v) is 5.30. The lowest BCUT2D eigenvalue weighted by atomic mass is 10.3. The molecule has 0 N–H and O–H groups in total. The first-order valence-electron chi connectivity index (χ1n) is 5.30. The Morgan fingerprint density at radius 3 is 2.75 bits per heavy atom. The zero-order chi connectivity index (χ0) is 12.1. The third-order valence-corrected chi connectivity index (χ3v) is 2.04. The molecule has 0 amide bonds. The molecule has 0 aromatic carbocycles. The van der Waals surface area contributed by atoms with Crippen LogP contribution in [0.25, 0.3) is 0 Å². The fourth-order valence-electron chi connectivity index (χ4n) is 1.27. The predicted molar refractivity (Wildman–Crippen MR) is 62.2 cm³/mol. The molecule has 0 aliphatic rings. The van der Waals surface area contributed by atoms with Crippen LogP contribution in [0.4, 0.5) is 0 Å². The van der Waals surface area contributed by atoms with Crippen LogP contribution >= 0.6 is 0 Å². The van der Waals surface area contributed by atoms with E-state index in [0.717, 1.165) is 5.69 Å². The van der Waals surface area contributed by atoms with Crippen molar-refractivity contribution in [2.45, 2.75) is 26.5 Å². The topological polar surface area (TPSA) is 47.4 Å². The van der Waals surface area contributed by atoms with Crippen LogP contribution in [0.5, 0.6) is 0 Å². The lowest BCUT2D eigenvalue weighted by Gasteiger charge is -2.12. The van der Waals surface area contributed by atoms with Crippen molar-refractivity contribution in [1.29, 1.82) is 0 Å². The third-order valence-electron chi connectivity index (χ3n) is 2.04. The number of rotatable bonds is 5. The van der Waals surface area contributed by atoms with E-state index in [1.165, 1.54) is 6.20 Å². The Balaban J connectivity index is 2.68. The van der Waals surface area contributed by atoms with Gasteiger partial charge in [-0.1, -0.05) is 0 Å². The van der Waals surface area contributed by atoms with Crippen molar-refractivity contribution >= 4 is 0 Å². The predicted octanol–water partition coefficient (Wildman–Crippen LogP) is 0.860. The molecule has 0 bridgehead atoms. The summed E-state index contributed by atoms with van der Waals surface area (Å²) in [5.41, 5.74) is 0.696. The smallest absolute Gasteiger partial charge is 0.269 e. The molecule has 0 aliphatic carbocycles. The summed E-state index contributed by atoms with van der Waals surface area (Å²) in [6, 6.07) is 0.142. The summed E-state index contributed by atoms with van der Waals surface area (Å²) in [4.78, 5) is 17.4. The summed E-state index contributed by atoms with van der Waals surface area (Å²) in [5.74, 6) is 0. The molecule has 0 fully saturated rings. The molecule has 5 heteroatoms. The van der Waals surface area contributed by atoms with Gasteiger partial charge in [0.05, 0.1) is 25.2 Å². The Morgan fingerprint density at radius 2 is 2.19 bits per heavy atom. The van der Waals surface area contributed by atoms with Gasteiger partial charge in [-0.15, -0.1) is 0 Å². The number of nitrogens with zero attached hydrogens (tertiary/aromatic N) is 3. The van der Waals surface area contributed by atoms with Crippen LogP contribution in [-0.4, -0.2) is 35.3 Å². The highest BCUT2D eigenvalue weighted by Gasteiger charge is 2.03. The molecular formula is C11H19N3O2. The summed E-state index contributed by atoms with van der Waals surface area (Å²) < 4.78 is 7.06. The van der Waals surface area contributed by atoms with E-state index in [1.54, 1.807) is 10.8 Å². The SMILES string of the molecule is CC(C)n1cc(COCN(C)C)ncc1=O. The monoisotopic (exact) mass is 225 g/mol. The van der Waals surface area contributed by atoms with Gasteiger partial charge in [0.2, 0.25) is 0 Å². The highest BCUT2D eigenvalue weighted by Crippen LogP contribution is 2.01. The highest BCUT2D eigenvalue weighted by atomic mass is 16.5. The van der Waals surface area contributed by atoms with Gasteiger partial charge >= 0.3 is 0 Å². The maximum absolute atomic E-state index is 11.4. The van der Waals surface area contributed by atoms with E-state index < -0.39 is 0 Å². The Hall–Kier alpha value is -1.20. The Bertz CT molecular complexity index is 385. The van der Waals surface area contributed by atoms with Gasteiger partial charge < -0.3 is 9.30 Å². The number of ether oxygens (including phenoxy) is 1. The molecule has 90 valence electrons. The minimum absolute atomic E-state index is 0.0774. The van der Waals surface area contributed by atoms with Crippen molar-refractivity contribution in [3.63, 3.8) is 0 Å². The second kappa shape index (κ2) is 5.77. The fourth-order valence-corrected chi connectivity index (χ4v) is 1.27. The lowest BCUT2D eigenvalue weighted by molar-refractivity contribution is 0.0430. The molecule has 0 saturated heterocycles. The van der Waals surface area contributed by atoms with Gasteiger partial charge in [0, 0.05) is 12.2 Å². The van der Waals surface area contributed by atoms with Crippen molar-refractivity contribution in [3.8, 4) is 0 Å². The zero-order valence-corrected chi connectivity index (χ0v) is 10.3. The average Bonchev–Trinajstić information content (AvgIpc) is 2.19. The standard InChI is InChI=1S/C11H19N3O2/c1-9(2)14-6-10(12-5-11(14)15)7-16-8-13(3)4/h5-6,9H,7-8H2,1-4H3. The normalized spacial score (nSPS) is 11.4. The molecule has 1 aromatic heterocycles. The van der Waals surface area contributed by atoms with Gasteiger partial charge in [-0.3, -0.25) is 14.7 Å². The quantitative estimate of drug-likeness (QED) is 0.697. The second-order valence-electron chi connectivity index (χ2n) is 4.28. The van der Waals surface area contributed by atoms with Gasteiger partial charge in [0.15, 0.2) is 0 Å². The van der Waals surface area contributed by atoms with Gasteiger partial charge in [-0.25, -0.2) is 0 Å². The van der Waals surface area contributed by atoms with Crippen LogP contribution in [0.3, 0.4) is 0 Å². The molecule has 0 saturated carbocycles. The minimum Gasteiger partial charge on any atom is -0.360 e. The molecule has 0 atom stereocenters. The van der Waals surface area contributed by atoms with Crippen LogP contribution in [0.1, 0.15) is 25.6 Å². The Morgan fingerprint density at radius 1 is 1.50 bits per heavy atom. The zero-order valence-electron chi connectivity index (χ0n) is 10.3. The maximum Gasteiger partial charge on any atom is 0.269 e. The molecule has 1 aromatic rings. The van der Waals surface area contributed by atoms with Crippen molar-refractivity contribution in [1.82, 2.24) is 14.5 Å². The van der Waals surface area contributed by atoms with Gasteiger partial charge in [0.1, 0.15) is 0 Å². The van der Waals surface area contributed by atoms with E-state index >= 15 is 0 Å². The number of hydrogen-bond donors (Lipinski definition) is 0. The molecule has 5 nitrogen and oxygen atoms in total. The molecule has 16 heavy (non-hydrogen) atoms. The van der Waals surface area contributed by atoms with Crippen molar-refractivity contribution in [2.24, 2.45) is 0 Å². The molecular weight excluding hydrogens is 206 g/mol. The molecule has 0 radical (unpaired) electrons. The molecule has 0 unspecified atom stereocenters. The Labute approximate surface area is 95.7 Å². The molecule has 1 heterocycles. The maximum atomic E-state index is 11.4. The van der Waals surface area contributed by atoms with Crippen LogP contribution in [0.15, 0.2) is 17.2 Å². The first kappa shape index (κ1) is 12.9. The van der Waals surface area contributed by atoms with Crippen LogP contribution in [0, 0.1) is 0 Å². The molecule has 0 aliphatic heterocycles. The third kappa shape index (κ3) is 3.75. The number of aromatic nitrogens is 2. The number of hydrogen-bond acceptors (Lipinski definition) is 4. The molecule has 0 spiro atoms. The van der Waals surface area contributed by atoms with Crippen molar-refractivity contribution in [3.05, 3.63) is 28.4 Å². The van der Waals surface area contributed by atoms with Crippen LogP contribution in [0.2, 0.25) is 0 Å². The van der Waals surface area contributed by atoms with Crippen molar-refractivity contribution in [2.75, 3.05) is 20.8 Å². The summed E-state index contributed by atoms with van der Waals surface area (Å²) in [6.45, 7) is 4.89. The Kier molecular flexibility index (Phi) is 4.64. The second-order valence-corrected chi connectivity index (χ2v) is 4.28. The van der Waals surface area contributed by atoms with Crippen LogP contribution < -0.4 is 5.56 Å². The molecule has 1 rings (SSSR count). The van der Waals surface area contributed by atoms with Crippen LogP contribution in [-0.2, 0) is 11.3 Å². The van der Waals surface area contributed by atoms with Gasteiger partial charge in [0.25, 0.3) is 5.56 Å². The van der Waals surface area contributed by atoms with Crippen molar-refractivity contribution < 1.29 is 4.74 Å². The summed E-state index contributed by atoms with van der Waals surface area (Å²) >= 11 is 0. The summed E-state index contributed by atoms with van der Waals surface area (Å²) in [7, 11) is 3.87. The van der Waals surface area contributed by atoms with E-state index in [0.29, 0.717) is 13.3 Å². The minimum atomic E-state index is -0.0774. The van der Waals surface area contributed by atoms with E-state index in [4.69, 9.17) is 4.74 Å².